The van der Waals surface area contributed by atoms with Crippen LogP contribution in [-0.4, -0.2) is 30.4 Å². The minimum Gasteiger partial charge on any atom is -0.466 e. The Balaban J connectivity index is 2.56. The van der Waals surface area contributed by atoms with Crippen LogP contribution in [0.5, 0.6) is 0 Å². The van der Waals surface area contributed by atoms with Gasteiger partial charge in [0.05, 0.1) is 13.0 Å². The summed E-state index contributed by atoms with van der Waals surface area (Å²) in [6, 6.07) is 4.36. The zero-order chi connectivity index (χ0) is 15.1. The maximum Gasteiger partial charge on any atom is 0.306 e. The molecule has 0 unspecified atom stereocenters. The second kappa shape index (κ2) is 7.85. The standard InChI is InChI=1S/C14H17ClFNO3/c1-3-20-14(19)8-7-13(18)17(2)9-10-11(15)5-4-6-12(10)16/h4-6H,3,7-9H2,1-2H3. The number of halogens is 2. The molecule has 0 heterocycles. The third kappa shape index (κ3) is 4.81. The highest BCUT2D eigenvalue weighted by Crippen LogP contribution is 2.20. The Kier molecular flexibility index (Phi) is 6.45. The summed E-state index contributed by atoms with van der Waals surface area (Å²) in [7, 11) is 1.54. The number of rotatable bonds is 6. The van der Waals surface area contributed by atoms with E-state index in [2.05, 4.69) is 0 Å². The van der Waals surface area contributed by atoms with Gasteiger partial charge >= 0.3 is 5.97 Å². The monoisotopic (exact) mass is 301 g/mol. The van der Waals surface area contributed by atoms with E-state index in [1.165, 1.54) is 24.1 Å². The van der Waals surface area contributed by atoms with Gasteiger partial charge in [0.1, 0.15) is 5.82 Å². The van der Waals surface area contributed by atoms with Gasteiger partial charge in [-0.15, -0.1) is 0 Å². The molecule has 6 heteroatoms. The summed E-state index contributed by atoms with van der Waals surface area (Å²) in [5.41, 5.74) is 0.265. The molecule has 0 aromatic heterocycles. The Morgan fingerprint density at radius 1 is 1.35 bits per heavy atom. The van der Waals surface area contributed by atoms with E-state index in [-0.39, 0.29) is 42.5 Å². The molecular formula is C14H17ClFNO3. The van der Waals surface area contributed by atoms with Gasteiger partial charge in [-0.2, -0.15) is 0 Å². The Morgan fingerprint density at radius 3 is 2.65 bits per heavy atom. The number of carbonyl (C=O) groups is 2. The Bertz CT molecular complexity index is 473. The van der Waals surface area contributed by atoms with E-state index in [9.17, 15) is 14.0 Å². The molecule has 4 nitrogen and oxygen atoms in total. The average molecular weight is 302 g/mol. The highest BCUT2D eigenvalue weighted by atomic mass is 35.5. The molecule has 0 aliphatic heterocycles. The molecular weight excluding hydrogens is 285 g/mol. The lowest BCUT2D eigenvalue weighted by Gasteiger charge is -2.18. The van der Waals surface area contributed by atoms with Crippen molar-refractivity contribution in [2.45, 2.75) is 26.3 Å². The fourth-order valence-corrected chi connectivity index (χ4v) is 1.86. The first kappa shape index (κ1) is 16.4. The van der Waals surface area contributed by atoms with Crippen molar-refractivity contribution in [3.63, 3.8) is 0 Å². The van der Waals surface area contributed by atoms with Crippen molar-refractivity contribution >= 4 is 23.5 Å². The molecule has 0 aliphatic carbocycles. The molecule has 110 valence electrons. The molecule has 20 heavy (non-hydrogen) atoms. The van der Waals surface area contributed by atoms with Crippen LogP contribution in [-0.2, 0) is 20.9 Å². The number of hydrogen-bond acceptors (Lipinski definition) is 3. The van der Waals surface area contributed by atoms with Crippen LogP contribution in [0.2, 0.25) is 5.02 Å². The molecule has 1 amide bonds. The third-order valence-corrected chi connectivity index (χ3v) is 3.09. The van der Waals surface area contributed by atoms with E-state index in [0.29, 0.717) is 0 Å². The van der Waals surface area contributed by atoms with Crippen LogP contribution < -0.4 is 0 Å². The van der Waals surface area contributed by atoms with Crippen LogP contribution in [0.4, 0.5) is 4.39 Å². The van der Waals surface area contributed by atoms with Gasteiger partial charge in [0.2, 0.25) is 5.91 Å². The van der Waals surface area contributed by atoms with Gasteiger partial charge < -0.3 is 9.64 Å². The van der Waals surface area contributed by atoms with Gasteiger partial charge in [0.25, 0.3) is 0 Å². The minimum absolute atomic E-state index is 0.0159. The SMILES string of the molecule is CCOC(=O)CCC(=O)N(C)Cc1c(F)cccc1Cl. The van der Waals surface area contributed by atoms with Crippen LogP contribution in [0.1, 0.15) is 25.3 Å². The summed E-state index contributed by atoms with van der Waals surface area (Å²) >= 11 is 5.89. The molecule has 0 bridgehead atoms. The molecule has 1 aromatic carbocycles. The molecule has 0 spiro atoms. The van der Waals surface area contributed by atoms with Crippen molar-refractivity contribution in [3.8, 4) is 0 Å². The lowest BCUT2D eigenvalue weighted by atomic mass is 10.2. The largest absolute Gasteiger partial charge is 0.466 e. The predicted octanol–water partition coefficient (Wildman–Crippen LogP) is 2.78. The van der Waals surface area contributed by atoms with Gasteiger partial charge in [-0.3, -0.25) is 9.59 Å². The van der Waals surface area contributed by atoms with Crippen LogP contribution in [0.25, 0.3) is 0 Å². The van der Waals surface area contributed by atoms with Gasteiger partial charge in [0.15, 0.2) is 0 Å². The topological polar surface area (TPSA) is 46.6 Å². The van der Waals surface area contributed by atoms with Crippen molar-refractivity contribution in [1.29, 1.82) is 0 Å². The molecule has 0 fully saturated rings. The first-order chi connectivity index (χ1) is 9.45. The summed E-state index contributed by atoms with van der Waals surface area (Å²) in [6.07, 6.45) is 0.0451. The first-order valence-electron chi connectivity index (χ1n) is 6.28. The van der Waals surface area contributed by atoms with E-state index in [1.54, 1.807) is 13.0 Å². The summed E-state index contributed by atoms with van der Waals surface area (Å²) in [4.78, 5) is 24.3. The van der Waals surface area contributed by atoms with Crippen LogP contribution in [0, 0.1) is 5.82 Å². The fraction of sp³-hybridized carbons (Fsp3) is 0.429. The van der Waals surface area contributed by atoms with E-state index in [1.807, 2.05) is 0 Å². The zero-order valence-corrected chi connectivity index (χ0v) is 12.2. The molecule has 0 saturated carbocycles. The zero-order valence-electron chi connectivity index (χ0n) is 11.5. The van der Waals surface area contributed by atoms with Crippen LogP contribution >= 0.6 is 11.6 Å². The van der Waals surface area contributed by atoms with E-state index < -0.39 is 11.8 Å². The second-order valence-electron chi connectivity index (χ2n) is 4.26. The summed E-state index contributed by atoms with van der Waals surface area (Å²) in [5, 5.41) is 0.273. The number of nitrogens with zero attached hydrogens (tertiary/aromatic N) is 1. The molecule has 0 saturated heterocycles. The molecule has 0 radical (unpaired) electrons. The molecule has 0 atom stereocenters. The number of benzene rings is 1. The molecule has 1 aromatic rings. The van der Waals surface area contributed by atoms with Crippen molar-refractivity contribution in [2.75, 3.05) is 13.7 Å². The summed E-state index contributed by atoms with van der Waals surface area (Å²) in [6.45, 7) is 2.05. The minimum atomic E-state index is -0.456. The Hall–Kier alpha value is -1.62. The maximum atomic E-state index is 13.6. The third-order valence-electron chi connectivity index (χ3n) is 2.73. The first-order valence-corrected chi connectivity index (χ1v) is 6.66. The average Bonchev–Trinajstić information content (AvgIpc) is 2.40. The van der Waals surface area contributed by atoms with Crippen LogP contribution in [0.3, 0.4) is 0 Å². The molecule has 0 aliphatic rings. The number of amides is 1. The Morgan fingerprint density at radius 2 is 2.05 bits per heavy atom. The molecule has 1 rings (SSSR count). The summed E-state index contributed by atoms with van der Waals surface area (Å²) in [5.74, 6) is -1.14. The van der Waals surface area contributed by atoms with E-state index in [0.717, 1.165) is 0 Å². The van der Waals surface area contributed by atoms with E-state index in [4.69, 9.17) is 16.3 Å². The smallest absolute Gasteiger partial charge is 0.306 e. The maximum absolute atomic E-state index is 13.6. The number of carbonyl (C=O) groups excluding carboxylic acids is 2. The number of ether oxygens (including phenoxy) is 1. The van der Waals surface area contributed by atoms with Crippen molar-refractivity contribution < 1.29 is 18.7 Å². The number of esters is 1. The van der Waals surface area contributed by atoms with Gasteiger partial charge in [-0.05, 0) is 19.1 Å². The number of hydrogen-bond donors (Lipinski definition) is 0. The van der Waals surface area contributed by atoms with Gasteiger partial charge in [-0.1, -0.05) is 17.7 Å². The predicted molar refractivity (Wildman–Crippen MR) is 73.8 cm³/mol. The van der Waals surface area contributed by atoms with Crippen molar-refractivity contribution in [2.24, 2.45) is 0 Å². The van der Waals surface area contributed by atoms with Crippen molar-refractivity contribution in [1.82, 2.24) is 4.90 Å². The lowest BCUT2D eigenvalue weighted by molar-refractivity contribution is -0.145. The van der Waals surface area contributed by atoms with Crippen LogP contribution in [0.15, 0.2) is 18.2 Å². The highest BCUT2D eigenvalue weighted by Gasteiger charge is 2.15. The second-order valence-corrected chi connectivity index (χ2v) is 4.66. The summed E-state index contributed by atoms with van der Waals surface area (Å²) < 4.78 is 18.3. The quantitative estimate of drug-likeness (QED) is 0.759. The molecule has 0 N–H and O–H groups in total. The Labute approximate surface area is 122 Å². The fourth-order valence-electron chi connectivity index (χ4n) is 1.64. The highest BCUT2D eigenvalue weighted by molar-refractivity contribution is 6.31. The van der Waals surface area contributed by atoms with Crippen molar-refractivity contribution in [3.05, 3.63) is 34.6 Å². The van der Waals surface area contributed by atoms with Gasteiger partial charge in [0, 0.05) is 30.6 Å². The lowest BCUT2D eigenvalue weighted by Crippen LogP contribution is -2.27. The van der Waals surface area contributed by atoms with Gasteiger partial charge in [-0.25, -0.2) is 4.39 Å². The van der Waals surface area contributed by atoms with E-state index >= 15 is 0 Å². The normalized spacial score (nSPS) is 10.2.